The zero-order valence-corrected chi connectivity index (χ0v) is 17.7. The second-order valence-electron chi connectivity index (χ2n) is 7.29. The van der Waals surface area contributed by atoms with Crippen LogP contribution in [-0.2, 0) is 9.59 Å². The Balaban J connectivity index is 1.95. The maximum atomic E-state index is 13.1. The number of anilines is 2. The predicted molar refractivity (Wildman–Crippen MR) is 121 cm³/mol. The Morgan fingerprint density at radius 3 is 2.55 bits per heavy atom. The molecular weight excluding hydrogens is 428 g/mol. The van der Waals surface area contributed by atoms with E-state index in [2.05, 4.69) is 27.8 Å². The minimum absolute atomic E-state index is 0.00813. The maximum absolute atomic E-state index is 13.1. The average molecular weight is 449 g/mol. The first-order valence-electron chi connectivity index (χ1n) is 9.46. The molecule has 2 aliphatic rings. The lowest BCUT2D eigenvalue weighted by Gasteiger charge is -2.33. The third-order valence-electron chi connectivity index (χ3n) is 5.15. The highest BCUT2D eigenvalue weighted by Gasteiger charge is 2.39. The van der Waals surface area contributed by atoms with Crippen LogP contribution in [0.15, 0.2) is 82.5 Å². The largest absolute Gasteiger partial charge is 0.357 e. The summed E-state index contributed by atoms with van der Waals surface area (Å²) in [5.74, 6) is -0.139. The van der Waals surface area contributed by atoms with Crippen molar-refractivity contribution in [2.24, 2.45) is 0 Å². The number of nitrogens with zero attached hydrogens (tertiary/aromatic N) is 1. The molecule has 2 aromatic rings. The van der Waals surface area contributed by atoms with E-state index in [9.17, 15) is 9.59 Å². The Kier molecular flexibility index (Phi) is 5.24. The lowest BCUT2D eigenvalue weighted by atomic mass is 9.86. The molecule has 0 aromatic heterocycles. The van der Waals surface area contributed by atoms with Crippen LogP contribution < -0.4 is 10.2 Å². The van der Waals surface area contributed by atoms with Crippen molar-refractivity contribution in [1.29, 1.82) is 0 Å². The number of hydrogen-bond donors (Lipinski definition) is 1. The van der Waals surface area contributed by atoms with Crippen molar-refractivity contribution in [3.05, 3.63) is 88.1 Å². The molecule has 1 N–H and O–H groups in total. The summed E-state index contributed by atoms with van der Waals surface area (Å²) in [6.45, 7) is 5.56. The quantitative estimate of drug-likeness (QED) is 0.621. The number of fused-ring (bicyclic) bond motifs is 1. The number of ketones is 1. The van der Waals surface area contributed by atoms with Gasteiger partial charge in [-0.3, -0.25) is 14.5 Å². The number of benzene rings is 2. The summed E-state index contributed by atoms with van der Waals surface area (Å²) >= 11 is 3.71. The summed E-state index contributed by atoms with van der Waals surface area (Å²) in [6, 6.07) is 16.9. The molecule has 4 nitrogen and oxygen atoms in total. The number of rotatable bonds is 2. The van der Waals surface area contributed by atoms with Gasteiger partial charge in [0.25, 0.3) is 0 Å². The highest BCUT2D eigenvalue weighted by atomic mass is 79.9. The van der Waals surface area contributed by atoms with Gasteiger partial charge in [0.1, 0.15) is 0 Å². The van der Waals surface area contributed by atoms with Crippen molar-refractivity contribution in [1.82, 2.24) is 0 Å². The zero-order chi connectivity index (χ0) is 20.5. The van der Waals surface area contributed by atoms with E-state index in [0.717, 1.165) is 32.7 Å². The monoisotopic (exact) mass is 448 g/mol. The molecule has 0 radical (unpaired) electrons. The van der Waals surface area contributed by atoms with Crippen molar-refractivity contribution in [2.75, 3.05) is 10.2 Å². The molecule has 0 fully saturated rings. The molecule has 146 valence electrons. The molecule has 4 rings (SSSR count). The van der Waals surface area contributed by atoms with Gasteiger partial charge in [0.05, 0.1) is 17.4 Å². The number of hydrogen-bond acceptors (Lipinski definition) is 3. The fourth-order valence-corrected chi connectivity index (χ4v) is 4.65. The molecule has 5 heteroatoms. The van der Waals surface area contributed by atoms with Crippen LogP contribution in [0.4, 0.5) is 11.4 Å². The minimum Gasteiger partial charge on any atom is -0.357 e. The van der Waals surface area contributed by atoms with Crippen LogP contribution in [0.25, 0.3) is 6.08 Å². The van der Waals surface area contributed by atoms with Gasteiger partial charge in [-0.1, -0.05) is 70.5 Å². The van der Waals surface area contributed by atoms with Crippen LogP contribution in [0.1, 0.15) is 25.3 Å². The van der Waals surface area contributed by atoms with Crippen molar-refractivity contribution in [2.45, 2.75) is 25.8 Å². The van der Waals surface area contributed by atoms with Crippen LogP contribution in [-0.4, -0.2) is 17.7 Å². The van der Waals surface area contributed by atoms with Gasteiger partial charge in [0, 0.05) is 35.5 Å². The van der Waals surface area contributed by atoms with Gasteiger partial charge in [-0.15, -0.1) is 0 Å². The summed E-state index contributed by atoms with van der Waals surface area (Å²) in [5.41, 5.74) is 4.84. The zero-order valence-electron chi connectivity index (χ0n) is 16.1. The number of amides is 1. The Labute approximate surface area is 178 Å². The van der Waals surface area contributed by atoms with Gasteiger partial charge in [0.15, 0.2) is 5.78 Å². The minimum atomic E-state index is -0.542. The van der Waals surface area contributed by atoms with Crippen LogP contribution >= 0.6 is 15.9 Å². The standard InChI is InChI=1S/C24H21BrN2O2/c1-15-12-20-23(22(29)13-15)24(18(25)14-17-8-4-3-5-9-17)27(16(2)28)21-11-7-6-10-19(21)26-20/h3-11,14,24,26H,1,12-13H2,2H3/b18-14-. The molecule has 0 spiro atoms. The van der Waals surface area contributed by atoms with E-state index in [0.29, 0.717) is 18.4 Å². The van der Waals surface area contributed by atoms with Crippen LogP contribution in [0.3, 0.4) is 0 Å². The van der Waals surface area contributed by atoms with Crippen molar-refractivity contribution >= 4 is 45.1 Å². The van der Waals surface area contributed by atoms with Gasteiger partial charge >= 0.3 is 0 Å². The summed E-state index contributed by atoms with van der Waals surface area (Å²) in [7, 11) is 0. The molecule has 0 saturated heterocycles. The van der Waals surface area contributed by atoms with Crippen LogP contribution in [0, 0.1) is 0 Å². The molecule has 1 aliphatic heterocycles. The first-order valence-corrected chi connectivity index (χ1v) is 10.3. The molecule has 1 unspecified atom stereocenters. The highest BCUT2D eigenvalue weighted by molar-refractivity contribution is 9.11. The average Bonchev–Trinajstić information content (AvgIpc) is 2.83. The second kappa shape index (κ2) is 7.84. The molecule has 29 heavy (non-hydrogen) atoms. The topological polar surface area (TPSA) is 49.4 Å². The Morgan fingerprint density at radius 2 is 1.83 bits per heavy atom. The number of carbonyl (C=O) groups is 2. The molecule has 2 aromatic carbocycles. The SMILES string of the molecule is C=C1CC(=O)C2=C(C1)Nc1ccccc1N(C(C)=O)C2/C(Br)=C/c1ccccc1. The van der Waals surface area contributed by atoms with Crippen molar-refractivity contribution in [3.63, 3.8) is 0 Å². The maximum Gasteiger partial charge on any atom is 0.224 e. The van der Waals surface area contributed by atoms with E-state index in [1.54, 1.807) is 4.90 Å². The summed E-state index contributed by atoms with van der Waals surface area (Å²) in [5, 5.41) is 3.41. The second-order valence-corrected chi connectivity index (χ2v) is 8.21. The first kappa shape index (κ1) is 19.4. The van der Waals surface area contributed by atoms with E-state index >= 15 is 0 Å². The number of Topliss-reactive ketones (excluding diaryl/α,β-unsaturated/α-hetero) is 1. The molecule has 1 amide bonds. The highest BCUT2D eigenvalue weighted by Crippen LogP contribution is 2.42. The Bertz CT molecular complexity index is 1070. The smallest absolute Gasteiger partial charge is 0.224 e. The Hall–Kier alpha value is -2.92. The molecule has 1 atom stereocenters. The van der Waals surface area contributed by atoms with Gasteiger partial charge in [-0.05, 0) is 23.8 Å². The fraction of sp³-hybridized carbons (Fsp3) is 0.167. The molecule has 0 saturated carbocycles. The van der Waals surface area contributed by atoms with Gasteiger partial charge in [-0.2, -0.15) is 0 Å². The molecular formula is C24H21BrN2O2. The molecule has 1 aliphatic carbocycles. The molecule has 1 heterocycles. The third kappa shape index (κ3) is 3.70. The summed E-state index contributed by atoms with van der Waals surface area (Å²) < 4.78 is 0.755. The van der Waals surface area contributed by atoms with E-state index < -0.39 is 6.04 Å². The van der Waals surface area contributed by atoms with Crippen LogP contribution in [0.5, 0.6) is 0 Å². The van der Waals surface area contributed by atoms with Gasteiger partial charge in [-0.25, -0.2) is 0 Å². The third-order valence-corrected chi connectivity index (χ3v) is 5.81. The van der Waals surface area contributed by atoms with E-state index in [4.69, 9.17) is 0 Å². The fourth-order valence-electron chi connectivity index (χ4n) is 3.95. The van der Waals surface area contributed by atoms with Crippen LogP contribution in [0.2, 0.25) is 0 Å². The Morgan fingerprint density at radius 1 is 1.14 bits per heavy atom. The number of para-hydroxylation sites is 2. The lowest BCUT2D eigenvalue weighted by Crippen LogP contribution is -2.43. The lowest BCUT2D eigenvalue weighted by molar-refractivity contribution is -0.117. The number of carbonyl (C=O) groups excluding carboxylic acids is 2. The predicted octanol–water partition coefficient (Wildman–Crippen LogP) is 5.44. The van der Waals surface area contributed by atoms with Gasteiger partial charge in [0.2, 0.25) is 5.91 Å². The van der Waals surface area contributed by atoms with Crippen molar-refractivity contribution < 1.29 is 9.59 Å². The molecule has 0 bridgehead atoms. The number of nitrogens with one attached hydrogen (secondary N) is 1. The van der Waals surface area contributed by atoms with Gasteiger partial charge < -0.3 is 5.32 Å². The number of allylic oxidation sites excluding steroid dienone is 1. The first-order chi connectivity index (χ1) is 14.0. The van der Waals surface area contributed by atoms with E-state index in [-0.39, 0.29) is 11.7 Å². The van der Waals surface area contributed by atoms with E-state index in [1.807, 2.05) is 60.7 Å². The number of halogens is 1. The normalized spacial score (nSPS) is 19.3. The summed E-state index contributed by atoms with van der Waals surface area (Å²) in [6.07, 6.45) is 2.85. The van der Waals surface area contributed by atoms with Crippen molar-refractivity contribution in [3.8, 4) is 0 Å². The summed E-state index contributed by atoms with van der Waals surface area (Å²) in [4.78, 5) is 27.7. The van der Waals surface area contributed by atoms with E-state index in [1.165, 1.54) is 6.92 Å².